The summed E-state index contributed by atoms with van der Waals surface area (Å²) in [7, 11) is 1.74. The number of likely N-dealkylation sites (tertiary alicyclic amines) is 1. The Balaban J connectivity index is 1.12. The summed E-state index contributed by atoms with van der Waals surface area (Å²) in [5, 5.41) is 8.76. The van der Waals surface area contributed by atoms with E-state index in [1.165, 1.54) is 28.1 Å². The van der Waals surface area contributed by atoms with Gasteiger partial charge in [-0.15, -0.1) is 10.2 Å². The number of ether oxygens (including phenoxy) is 1. The zero-order valence-electron chi connectivity index (χ0n) is 22.3. The highest BCUT2D eigenvalue weighted by Gasteiger charge is 2.25. The van der Waals surface area contributed by atoms with E-state index in [1.54, 1.807) is 12.7 Å². The molecule has 194 valence electrons. The fourth-order valence-electron chi connectivity index (χ4n) is 5.94. The molecular weight excluding hydrogens is 470 g/mol. The van der Waals surface area contributed by atoms with Crippen LogP contribution in [0.15, 0.2) is 84.4 Å². The number of piperidine rings is 1. The van der Waals surface area contributed by atoms with Crippen LogP contribution >= 0.6 is 0 Å². The average Bonchev–Trinajstić information content (AvgIpc) is 3.35. The van der Waals surface area contributed by atoms with E-state index in [-0.39, 0.29) is 0 Å². The zero-order valence-corrected chi connectivity index (χ0v) is 22.3. The van der Waals surface area contributed by atoms with Gasteiger partial charge in [-0.3, -0.25) is 4.57 Å². The molecule has 0 amide bonds. The third-order valence-electron chi connectivity index (χ3n) is 7.82. The second-order valence-corrected chi connectivity index (χ2v) is 10.2. The van der Waals surface area contributed by atoms with Crippen molar-refractivity contribution in [3.8, 4) is 11.4 Å². The number of aryl methyl sites for hydroxylation is 1. The van der Waals surface area contributed by atoms with Gasteiger partial charge >= 0.3 is 0 Å². The summed E-state index contributed by atoms with van der Waals surface area (Å²) in [5.41, 5.74) is 7.91. The lowest BCUT2D eigenvalue weighted by atomic mass is 9.88. The van der Waals surface area contributed by atoms with Crippen LogP contribution in [0.5, 0.6) is 5.75 Å². The van der Waals surface area contributed by atoms with Gasteiger partial charge in [0.15, 0.2) is 5.82 Å². The molecule has 3 aromatic carbocycles. The molecule has 1 saturated heterocycles. The van der Waals surface area contributed by atoms with E-state index >= 15 is 0 Å². The molecule has 2 aliphatic heterocycles. The lowest BCUT2D eigenvalue weighted by Crippen LogP contribution is -2.35. The van der Waals surface area contributed by atoms with Crippen molar-refractivity contribution < 1.29 is 4.74 Å². The summed E-state index contributed by atoms with van der Waals surface area (Å²) in [4.78, 5) is 5.09. The van der Waals surface area contributed by atoms with Gasteiger partial charge in [0.1, 0.15) is 11.6 Å². The van der Waals surface area contributed by atoms with E-state index in [1.807, 2.05) is 13.0 Å². The van der Waals surface area contributed by atoms with Crippen LogP contribution in [0.2, 0.25) is 0 Å². The molecule has 1 aromatic heterocycles. The Hall–Kier alpha value is -3.90. The molecule has 4 aromatic rings. The van der Waals surface area contributed by atoms with Crippen molar-refractivity contribution >= 4 is 11.3 Å². The van der Waals surface area contributed by atoms with Gasteiger partial charge in [0, 0.05) is 19.6 Å². The van der Waals surface area contributed by atoms with Gasteiger partial charge < -0.3 is 14.5 Å². The van der Waals surface area contributed by atoms with Crippen LogP contribution < -0.4 is 9.64 Å². The van der Waals surface area contributed by atoms with Crippen molar-refractivity contribution in [2.45, 2.75) is 32.7 Å². The normalized spacial score (nSPS) is 15.2. The Morgan fingerprint density at radius 3 is 2.34 bits per heavy atom. The van der Waals surface area contributed by atoms with Crippen LogP contribution in [0.4, 0.5) is 5.69 Å². The summed E-state index contributed by atoms with van der Waals surface area (Å²) in [5.74, 6) is 2.88. The predicted octanol–water partition coefficient (Wildman–Crippen LogP) is 5.89. The minimum Gasteiger partial charge on any atom is -0.497 e. The molecule has 0 saturated carbocycles. The maximum absolute atomic E-state index is 5.54. The number of hydrogen-bond acceptors (Lipinski definition) is 5. The first-order valence-electron chi connectivity index (χ1n) is 13.6. The van der Waals surface area contributed by atoms with Crippen LogP contribution in [0.3, 0.4) is 0 Å². The number of aromatic nitrogens is 3. The molecule has 0 aliphatic carbocycles. The first-order valence-corrected chi connectivity index (χ1v) is 13.6. The van der Waals surface area contributed by atoms with E-state index < -0.39 is 0 Å². The fraction of sp³-hybridized carbons (Fsp3) is 0.312. The molecule has 3 heterocycles. The second-order valence-electron chi connectivity index (χ2n) is 10.2. The molecule has 0 atom stereocenters. The molecule has 0 N–H and O–H groups in total. The highest BCUT2D eigenvalue weighted by Crippen LogP contribution is 2.34. The third kappa shape index (κ3) is 4.84. The predicted molar refractivity (Wildman–Crippen MR) is 153 cm³/mol. The van der Waals surface area contributed by atoms with Crippen molar-refractivity contribution in [2.75, 3.05) is 38.2 Å². The lowest BCUT2D eigenvalue weighted by molar-refractivity contribution is 0.254. The number of anilines is 1. The molecule has 38 heavy (non-hydrogen) atoms. The van der Waals surface area contributed by atoms with Gasteiger partial charge in [0.25, 0.3) is 0 Å². The van der Waals surface area contributed by atoms with E-state index in [9.17, 15) is 0 Å². The number of para-hydroxylation sites is 2. The highest BCUT2D eigenvalue weighted by atomic mass is 16.5. The van der Waals surface area contributed by atoms with Crippen LogP contribution in [0.1, 0.15) is 42.0 Å². The van der Waals surface area contributed by atoms with Gasteiger partial charge in [-0.2, -0.15) is 0 Å². The van der Waals surface area contributed by atoms with E-state index in [4.69, 9.17) is 4.74 Å². The standard InChI is InChI=1S/C32H35N5O/c1-24-33-34-31-23-36(29-14-6-7-15-30(29)37(24)31)19-9-18-35-20-16-26(17-21-35)32(25-10-4-3-5-11-25)27-12-8-13-28(22-27)38-2/h3-8,10-15,22H,9,16-21,23H2,1-2H3. The zero-order chi connectivity index (χ0) is 25.9. The summed E-state index contributed by atoms with van der Waals surface area (Å²) in [6.45, 7) is 7.16. The number of fused-ring (bicyclic) bond motifs is 3. The maximum Gasteiger partial charge on any atom is 0.157 e. The van der Waals surface area contributed by atoms with Crippen LogP contribution in [-0.4, -0.2) is 53.0 Å². The maximum atomic E-state index is 5.54. The Morgan fingerprint density at radius 2 is 1.55 bits per heavy atom. The summed E-state index contributed by atoms with van der Waals surface area (Å²) < 4.78 is 7.73. The van der Waals surface area contributed by atoms with Crippen LogP contribution in [0.25, 0.3) is 11.3 Å². The molecule has 0 radical (unpaired) electrons. The molecule has 0 spiro atoms. The second kappa shape index (κ2) is 10.8. The van der Waals surface area contributed by atoms with Crippen molar-refractivity contribution in [3.63, 3.8) is 0 Å². The molecule has 2 aliphatic rings. The van der Waals surface area contributed by atoms with E-state index in [0.717, 1.165) is 69.4 Å². The highest BCUT2D eigenvalue weighted by molar-refractivity contribution is 5.82. The quantitative estimate of drug-likeness (QED) is 0.313. The Bertz CT molecular complexity index is 1430. The Labute approximate surface area is 225 Å². The molecule has 6 rings (SSSR count). The molecule has 0 bridgehead atoms. The third-order valence-corrected chi connectivity index (χ3v) is 7.82. The molecule has 1 fully saturated rings. The Kier molecular flexibility index (Phi) is 6.97. The van der Waals surface area contributed by atoms with E-state index in [2.05, 4.69) is 97.4 Å². The smallest absolute Gasteiger partial charge is 0.157 e. The van der Waals surface area contributed by atoms with Crippen LogP contribution in [-0.2, 0) is 6.54 Å². The number of hydrogen-bond donors (Lipinski definition) is 0. The van der Waals surface area contributed by atoms with Crippen molar-refractivity contribution in [1.82, 2.24) is 19.7 Å². The summed E-state index contributed by atoms with van der Waals surface area (Å²) >= 11 is 0. The first kappa shape index (κ1) is 24.4. The summed E-state index contributed by atoms with van der Waals surface area (Å²) in [6, 6.07) is 27.9. The van der Waals surface area contributed by atoms with Gasteiger partial charge in [0.05, 0.1) is 25.0 Å². The number of methoxy groups -OCH3 is 1. The van der Waals surface area contributed by atoms with E-state index in [0.29, 0.717) is 0 Å². The topological polar surface area (TPSA) is 46.4 Å². The summed E-state index contributed by atoms with van der Waals surface area (Å²) in [6.07, 6.45) is 3.31. The minimum absolute atomic E-state index is 0.811. The molecular formula is C32H35N5O. The van der Waals surface area contributed by atoms with Crippen molar-refractivity contribution in [2.24, 2.45) is 0 Å². The van der Waals surface area contributed by atoms with Gasteiger partial charge in [0.2, 0.25) is 0 Å². The van der Waals surface area contributed by atoms with Gasteiger partial charge in [-0.25, -0.2) is 0 Å². The average molecular weight is 506 g/mol. The first-order chi connectivity index (χ1) is 18.7. The SMILES string of the molecule is COc1cccc(C(=C2CCN(CCCN3Cc4nnc(C)n4-c4ccccc43)CC2)c2ccccc2)c1. The largest absolute Gasteiger partial charge is 0.497 e. The number of nitrogens with zero attached hydrogens (tertiary/aromatic N) is 5. The molecule has 0 unspecified atom stereocenters. The van der Waals surface area contributed by atoms with Crippen LogP contribution in [0, 0.1) is 6.92 Å². The molecule has 6 heteroatoms. The minimum atomic E-state index is 0.811. The fourth-order valence-corrected chi connectivity index (χ4v) is 5.94. The number of benzene rings is 3. The van der Waals surface area contributed by atoms with Crippen molar-refractivity contribution in [3.05, 3.63) is 107 Å². The van der Waals surface area contributed by atoms with Gasteiger partial charge in [-0.05, 0) is 73.7 Å². The van der Waals surface area contributed by atoms with Gasteiger partial charge in [-0.1, -0.05) is 60.2 Å². The molecule has 6 nitrogen and oxygen atoms in total. The number of rotatable bonds is 7. The lowest BCUT2D eigenvalue weighted by Gasteiger charge is -2.33. The monoisotopic (exact) mass is 505 g/mol. The van der Waals surface area contributed by atoms with Crippen molar-refractivity contribution in [1.29, 1.82) is 0 Å². The Morgan fingerprint density at radius 1 is 0.816 bits per heavy atom.